The van der Waals surface area contributed by atoms with Crippen LogP contribution < -0.4 is 15.8 Å². The minimum Gasteiger partial charge on any atom is -0.360 e. The van der Waals surface area contributed by atoms with E-state index < -0.39 is 0 Å². The van der Waals surface area contributed by atoms with Gasteiger partial charge in [-0.3, -0.25) is 4.79 Å². The number of rotatable bonds is 3. The molecule has 0 atom stereocenters. The fourth-order valence-electron chi connectivity index (χ4n) is 4.34. The zero-order valence-corrected chi connectivity index (χ0v) is 18.4. The third-order valence-electron chi connectivity index (χ3n) is 6.20. The number of thiocarbonyl (C=S) groups is 1. The molecule has 1 saturated carbocycles. The molecule has 1 saturated heterocycles. The number of thiophene rings is 1. The standard InChI is InChI=1S/C20H29N5OS2/c1-13-14(2)28-19-17(13)18(26)22-16(23-19)12-24-8-10-25(11-9-24)20(27)21-15-6-4-3-5-7-15/h15H,3-12H2,1-2H3,(H,21,27)(H,22,23,26)/p+1. The molecular formula is C20H30N5OS2+. The van der Waals surface area contributed by atoms with Crippen LogP contribution in [0.15, 0.2) is 4.79 Å². The van der Waals surface area contributed by atoms with E-state index in [1.54, 1.807) is 11.3 Å². The summed E-state index contributed by atoms with van der Waals surface area (Å²) in [5.74, 6) is 0.796. The first-order chi connectivity index (χ1) is 13.5. The predicted octanol–water partition coefficient (Wildman–Crippen LogP) is 1.51. The molecule has 0 bridgehead atoms. The van der Waals surface area contributed by atoms with Gasteiger partial charge in [-0.2, -0.15) is 0 Å². The Morgan fingerprint density at radius 1 is 1.29 bits per heavy atom. The molecule has 2 fully saturated rings. The van der Waals surface area contributed by atoms with Crippen molar-refractivity contribution >= 4 is 38.9 Å². The van der Waals surface area contributed by atoms with Crippen molar-refractivity contribution in [3.05, 3.63) is 26.6 Å². The lowest BCUT2D eigenvalue weighted by molar-refractivity contribution is -0.918. The van der Waals surface area contributed by atoms with Gasteiger partial charge in [-0.15, -0.1) is 11.3 Å². The smallest absolute Gasteiger partial charge is 0.260 e. The highest BCUT2D eigenvalue weighted by Crippen LogP contribution is 2.25. The van der Waals surface area contributed by atoms with Crippen molar-refractivity contribution in [1.82, 2.24) is 20.2 Å². The zero-order valence-electron chi connectivity index (χ0n) is 16.8. The molecule has 0 amide bonds. The van der Waals surface area contributed by atoms with Crippen molar-refractivity contribution < 1.29 is 4.90 Å². The quantitative estimate of drug-likeness (QED) is 0.657. The molecule has 3 N–H and O–H groups in total. The van der Waals surface area contributed by atoms with Crippen molar-refractivity contribution in [3.8, 4) is 0 Å². The molecule has 152 valence electrons. The molecule has 6 nitrogen and oxygen atoms in total. The zero-order chi connectivity index (χ0) is 19.7. The van der Waals surface area contributed by atoms with Crippen LogP contribution in [0.25, 0.3) is 10.2 Å². The maximum absolute atomic E-state index is 12.5. The topological polar surface area (TPSA) is 65.5 Å². The summed E-state index contributed by atoms with van der Waals surface area (Å²) in [4.78, 5) is 26.0. The van der Waals surface area contributed by atoms with E-state index in [0.29, 0.717) is 6.04 Å². The van der Waals surface area contributed by atoms with Crippen LogP contribution in [-0.2, 0) is 6.54 Å². The van der Waals surface area contributed by atoms with Gasteiger partial charge in [0.1, 0.15) is 11.4 Å². The summed E-state index contributed by atoms with van der Waals surface area (Å²) in [6.45, 7) is 8.75. The number of quaternary nitrogens is 1. The van der Waals surface area contributed by atoms with Gasteiger partial charge in [0.2, 0.25) is 0 Å². The highest BCUT2D eigenvalue weighted by Gasteiger charge is 2.24. The van der Waals surface area contributed by atoms with E-state index in [2.05, 4.69) is 22.1 Å². The molecule has 0 spiro atoms. The van der Waals surface area contributed by atoms with Crippen LogP contribution in [0.3, 0.4) is 0 Å². The van der Waals surface area contributed by atoms with Gasteiger partial charge in [0.25, 0.3) is 5.56 Å². The number of nitrogens with zero attached hydrogens (tertiary/aromatic N) is 2. The first kappa shape index (κ1) is 19.8. The number of aromatic nitrogens is 2. The Hall–Kier alpha value is -1.51. The van der Waals surface area contributed by atoms with E-state index in [0.717, 1.165) is 59.4 Å². The summed E-state index contributed by atoms with van der Waals surface area (Å²) in [7, 11) is 0. The molecule has 1 aliphatic carbocycles. The van der Waals surface area contributed by atoms with Crippen LogP contribution in [0.5, 0.6) is 0 Å². The number of H-pyrrole nitrogens is 1. The molecule has 0 unspecified atom stereocenters. The Kier molecular flexibility index (Phi) is 5.99. The van der Waals surface area contributed by atoms with Gasteiger partial charge in [-0.25, -0.2) is 4.98 Å². The summed E-state index contributed by atoms with van der Waals surface area (Å²) < 4.78 is 0. The van der Waals surface area contributed by atoms with Crippen LogP contribution in [0.2, 0.25) is 0 Å². The molecule has 1 aliphatic heterocycles. The van der Waals surface area contributed by atoms with Crippen LogP contribution in [0.4, 0.5) is 0 Å². The summed E-state index contributed by atoms with van der Waals surface area (Å²) in [6, 6.07) is 0.560. The largest absolute Gasteiger partial charge is 0.360 e. The lowest BCUT2D eigenvalue weighted by atomic mass is 9.96. The molecule has 2 aromatic heterocycles. The Labute approximate surface area is 175 Å². The third kappa shape index (κ3) is 4.23. The maximum atomic E-state index is 12.5. The Morgan fingerprint density at radius 3 is 2.71 bits per heavy atom. The van der Waals surface area contributed by atoms with Crippen molar-refractivity contribution in [2.45, 2.75) is 58.5 Å². The predicted molar refractivity (Wildman–Crippen MR) is 118 cm³/mol. The highest BCUT2D eigenvalue weighted by molar-refractivity contribution is 7.80. The lowest BCUT2D eigenvalue weighted by Crippen LogP contribution is -3.13. The van der Waals surface area contributed by atoms with Gasteiger partial charge in [-0.05, 0) is 44.5 Å². The van der Waals surface area contributed by atoms with E-state index in [1.807, 2.05) is 6.92 Å². The lowest BCUT2D eigenvalue weighted by Gasteiger charge is -2.35. The van der Waals surface area contributed by atoms with E-state index >= 15 is 0 Å². The molecule has 0 radical (unpaired) electrons. The van der Waals surface area contributed by atoms with Crippen molar-refractivity contribution in [2.24, 2.45) is 0 Å². The van der Waals surface area contributed by atoms with Gasteiger partial charge in [0.05, 0.1) is 31.6 Å². The molecule has 2 aromatic rings. The first-order valence-corrected chi connectivity index (χ1v) is 11.6. The van der Waals surface area contributed by atoms with Crippen LogP contribution >= 0.6 is 23.6 Å². The van der Waals surface area contributed by atoms with E-state index in [1.165, 1.54) is 41.9 Å². The Morgan fingerprint density at radius 2 is 2.00 bits per heavy atom. The number of piperazine rings is 1. The summed E-state index contributed by atoms with van der Waals surface area (Å²) in [6.07, 6.45) is 6.48. The maximum Gasteiger partial charge on any atom is 0.260 e. The van der Waals surface area contributed by atoms with E-state index in [4.69, 9.17) is 17.2 Å². The summed E-state index contributed by atoms with van der Waals surface area (Å²) in [5.41, 5.74) is 1.05. The van der Waals surface area contributed by atoms with E-state index in [-0.39, 0.29) is 5.56 Å². The molecular weight excluding hydrogens is 390 g/mol. The molecule has 8 heteroatoms. The number of aryl methyl sites for hydroxylation is 2. The molecule has 0 aromatic carbocycles. The average molecular weight is 421 g/mol. The second-order valence-electron chi connectivity index (χ2n) is 8.17. The number of fused-ring (bicyclic) bond motifs is 1. The minimum absolute atomic E-state index is 0.00209. The van der Waals surface area contributed by atoms with E-state index in [9.17, 15) is 4.79 Å². The third-order valence-corrected chi connectivity index (χ3v) is 7.67. The number of hydrogen-bond acceptors (Lipinski definition) is 4. The minimum atomic E-state index is -0.00209. The van der Waals surface area contributed by atoms with Crippen LogP contribution in [-0.4, -0.2) is 52.2 Å². The monoisotopic (exact) mass is 420 g/mol. The summed E-state index contributed by atoms with van der Waals surface area (Å²) in [5, 5.41) is 5.25. The first-order valence-electron chi connectivity index (χ1n) is 10.4. The Balaban J connectivity index is 1.33. The number of hydrogen-bond donors (Lipinski definition) is 3. The summed E-state index contributed by atoms with van der Waals surface area (Å²) >= 11 is 7.27. The molecule has 2 aliphatic rings. The van der Waals surface area contributed by atoms with Crippen molar-refractivity contribution in [2.75, 3.05) is 26.2 Å². The van der Waals surface area contributed by atoms with Crippen molar-refractivity contribution in [3.63, 3.8) is 0 Å². The van der Waals surface area contributed by atoms with Gasteiger partial charge < -0.3 is 20.1 Å². The van der Waals surface area contributed by atoms with Crippen LogP contribution in [0.1, 0.15) is 48.4 Å². The van der Waals surface area contributed by atoms with Gasteiger partial charge in [0.15, 0.2) is 10.9 Å². The molecule has 28 heavy (non-hydrogen) atoms. The van der Waals surface area contributed by atoms with Gasteiger partial charge in [-0.1, -0.05) is 19.3 Å². The van der Waals surface area contributed by atoms with Crippen LogP contribution in [0, 0.1) is 13.8 Å². The number of aromatic amines is 1. The Bertz CT molecular complexity index is 907. The SMILES string of the molecule is Cc1sc2nc(C[NH+]3CCN(C(=S)NC4CCCCC4)CC3)[nH]c(=O)c2c1C. The fraction of sp³-hybridized carbons (Fsp3) is 0.650. The number of nitrogens with one attached hydrogen (secondary N) is 3. The van der Waals surface area contributed by atoms with Crippen molar-refractivity contribution in [1.29, 1.82) is 0 Å². The molecule has 4 rings (SSSR count). The molecule has 3 heterocycles. The normalized spacial score (nSPS) is 19.3. The average Bonchev–Trinajstić information content (AvgIpc) is 2.97. The van der Waals surface area contributed by atoms with Gasteiger partial charge in [0, 0.05) is 10.9 Å². The second kappa shape index (κ2) is 8.47. The fourth-order valence-corrected chi connectivity index (χ4v) is 5.73. The highest BCUT2D eigenvalue weighted by atomic mass is 32.1. The second-order valence-corrected chi connectivity index (χ2v) is 9.76. The van der Waals surface area contributed by atoms with Gasteiger partial charge >= 0.3 is 0 Å².